The van der Waals surface area contributed by atoms with E-state index in [0.717, 1.165) is 0 Å². The Morgan fingerprint density at radius 1 is 1.29 bits per heavy atom. The van der Waals surface area contributed by atoms with E-state index < -0.39 is 58.5 Å². The highest BCUT2D eigenvalue weighted by Crippen LogP contribution is 2.47. The third-order valence-electron chi connectivity index (χ3n) is 3.42. The Labute approximate surface area is 132 Å². The number of carboxylic acids is 1. The predicted molar refractivity (Wildman–Crippen MR) is 69.1 cm³/mol. The number of carboxylic acid groups (broad SMARTS) is 1. The third-order valence-corrected chi connectivity index (χ3v) is 3.42. The molecule has 0 amide bonds. The number of aromatic carboxylic acids is 1. The summed E-state index contributed by atoms with van der Waals surface area (Å²) in [6, 6.07) is 0. The number of halogens is 5. The molecule has 1 fully saturated rings. The molecule has 0 aliphatic heterocycles. The number of aromatic nitrogens is 1. The first kappa shape index (κ1) is 18.1. The molecule has 0 unspecified atom stereocenters. The van der Waals surface area contributed by atoms with Gasteiger partial charge < -0.3 is 9.84 Å². The van der Waals surface area contributed by atoms with Crippen molar-refractivity contribution in [2.45, 2.75) is 38.3 Å². The van der Waals surface area contributed by atoms with E-state index in [4.69, 9.17) is 0 Å². The number of rotatable bonds is 5. The van der Waals surface area contributed by atoms with Gasteiger partial charge >= 0.3 is 18.1 Å². The first-order valence-electron chi connectivity index (χ1n) is 6.93. The maximum Gasteiger partial charge on any atom is 0.434 e. The van der Waals surface area contributed by atoms with Crippen molar-refractivity contribution in [2.75, 3.05) is 6.61 Å². The summed E-state index contributed by atoms with van der Waals surface area (Å²) in [6.07, 6.45) is -8.18. The fraction of sp³-hybridized carbons (Fsp3) is 0.500. The highest BCUT2D eigenvalue weighted by atomic mass is 19.4. The predicted octanol–water partition coefficient (Wildman–Crippen LogP) is 3.79. The molecule has 1 aliphatic carbocycles. The summed E-state index contributed by atoms with van der Waals surface area (Å²) in [7, 11) is 0. The standard InChI is InChI=1S/C14H12F5NO4/c1-2-24-13(23)8-6(5-3-4-5)7(12(21)22)9(11(15)16)20-10(8)14(17,18)19/h5,11H,2-4H2,1H3,(H,21,22). The highest BCUT2D eigenvalue weighted by molar-refractivity contribution is 5.99. The van der Waals surface area contributed by atoms with Crippen LogP contribution >= 0.6 is 0 Å². The molecule has 1 aromatic rings. The molecular formula is C14H12F5NO4. The van der Waals surface area contributed by atoms with E-state index in [9.17, 15) is 36.6 Å². The van der Waals surface area contributed by atoms with Crippen molar-refractivity contribution in [3.63, 3.8) is 0 Å². The van der Waals surface area contributed by atoms with Crippen molar-refractivity contribution >= 4 is 11.9 Å². The van der Waals surface area contributed by atoms with Crippen LogP contribution in [0, 0.1) is 0 Å². The van der Waals surface area contributed by atoms with Crippen LogP contribution in [0.25, 0.3) is 0 Å². The minimum absolute atomic E-state index is 0.265. The van der Waals surface area contributed by atoms with Crippen LogP contribution in [0.4, 0.5) is 22.0 Å². The van der Waals surface area contributed by atoms with E-state index in [0.29, 0.717) is 0 Å². The first-order chi connectivity index (χ1) is 11.1. The Hall–Kier alpha value is -2.26. The fourth-order valence-corrected chi connectivity index (χ4v) is 2.40. The largest absolute Gasteiger partial charge is 0.478 e. The van der Waals surface area contributed by atoms with Crippen LogP contribution in [0.2, 0.25) is 0 Å². The maximum absolute atomic E-state index is 13.2. The zero-order chi connectivity index (χ0) is 18.2. The molecule has 1 aliphatic rings. The van der Waals surface area contributed by atoms with Crippen LogP contribution in [0.5, 0.6) is 0 Å². The summed E-state index contributed by atoms with van der Waals surface area (Å²) in [6.45, 7) is 1.08. The Bertz CT molecular complexity index is 683. The second-order valence-electron chi connectivity index (χ2n) is 5.11. The van der Waals surface area contributed by atoms with Gasteiger partial charge in [-0.3, -0.25) is 0 Å². The number of carbonyl (C=O) groups is 2. The number of ether oxygens (including phenoxy) is 1. The molecule has 10 heteroatoms. The highest BCUT2D eigenvalue weighted by Gasteiger charge is 2.46. The van der Waals surface area contributed by atoms with Crippen LogP contribution in [0.1, 0.15) is 69.8 Å². The summed E-state index contributed by atoms with van der Waals surface area (Å²) in [5, 5.41) is 9.20. The number of hydrogen-bond acceptors (Lipinski definition) is 4. The van der Waals surface area contributed by atoms with Gasteiger partial charge in [-0.25, -0.2) is 23.4 Å². The molecule has 0 aromatic carbocycles. The van der Waals surface area contributed by atoms with Crippen LogP contribution in [0.15, 0.2) is 0 Å². The summed E-state index contributed by atoms with van der Waals surface area (Å²) >= 11 is 0. The molecule has 0 spiro atoms. The Balaban J connectivity index is 2.90. The molecule has 24 heavy (non-hydrogen) atoms. The minimum atomic E-state index is -5.22. The molecule has 5 nitrogen and oxygen atoms in total. The van der Waals surface area contributed by atoms with Crippen molar-refractivity contribution in [3.8, 4) is 0 Å². The van der Waals surface area contributed by atoms with Gasteiger partial charge in [-0.15, -0.1) is 0 Å². The smallest absolute Gasteiger partial charge is 0.434 e. The van der Waals surface area contributed by atoms with Crippen molar-refractivity contribution in [1.82, 2.24) is 4.98 Å². The van der Waals surface area contributed by atoms with Gasteiger partial charge in [-0.1, -0.05) is 0 Å². The number of pyridine rings is 1. The van der Waals surface area contributed by atoms with Gasteiger partial charge in [0, 0.05) is 0 Å². The second-order valence-corrected chi connectivity index (χ2v) is 5.11. The molecule has 0 saturated heterocycles. The van der Waals surface area contributed by atoms with Gasteiger partial charge in [0.05, 0.1) is 17.7 Å². The lowest BCUT2D eigenvalue weighted by atomic mass is 9.94. The molecular weight excluding hydrogens is 341 g/mol. The fourth-order valence-electron chi connectivity index (χ4n) is 2.40. The van der Waals surface area contributed by atoms with Crippen molar-refractivity contribution < 1.29 is 41.4 Å². The Morgan fingerprint density at radius 2 is 1.88 bits per heavy atom. The molecule has 132 valence electrons. The van der Waals surface area contributed by atoms with Gasteiger partial charge in [0.1, 0.15) is 5.69 Å². The van der Waals surface area contributed by atoms with E-state index in [2.05, 4.69) is 9.72 Å². The first-order valence-corrected chi connectivity index (χ1v) is 6.93. The SMILES string of the molecule is CCOC(=O)c1c(C(F)(F)F)nc(C(F)F)c(C(=O)O)c1C1CC1. The van der Waals surface area contributed by atoms with E-state index in [1.165, 1.54) is 6.92 Å². The van der Waals surface area contributed by atoms with Crippen LogP contribution < -0.4 is 0 Å². The Morgan fingerprint density at radius 3 is 2.25 bits per heavy atom. The summed E-state index contributed by atoms with van der Waals surface area (Å²) in [5.41, 5.74) is -6.05. The summed E-state index contributed by atoms with van der Waals surface area (Å²) in [5.74, 6) is -4.02. The zero-order valence-corrected chi connectivity index (χ0v) is 12.3. The lowest BCUT2D eigenvalue weighted by Gasteiger charge is -2.19. The van der Waals surface area contributed by atoms with Crippen molar-refractivity contribution in [2.24, 2.45) is 0 Å². The quantitative estimate of drug-likeness (QED) is 0.644. The average molecular weight is 353 g/mol. The second kappa shape index (κ2) is 6.33. The molecule has 1 saturated carbocycles. The number of hydrogen-bond donors (Lipinski definition) is 1. The van der Waals surface area contributed by atoms with Gasteiger partial charge in [0.2, 0.25) is 0 Å². The summed E-state index contributed by atoms with van der Waals surface area (Å²) < 4.78 is 70.4. The van der Waals surface area contributed by atoms with Gasteiger partial charge in [-0.05, 0) is 31.2 Å². The van der Waals surface area contributed by atoms with Crippen LogP contribution in [0.3, 0.4) is 0 Å². The molecule has 0 bridgehead atoms. The van der Waals surface area contributed by atoms with Gasteiger partial charge in [0.15, 0.2) is 5.69 Å². The number of esters is 1. The van der Waals surface area contributed by atoms with E-state index in [1.54, 1.807) is 0 Å². The monoisotopic (exact) mass is 353 g/mol. The summed E-state index contributed by atoms with van der Waals surface area (Å²) in [4.78, 5) is 26.1. The minimum Gasteiger partial charge on any atom is -0.478 e. The molecule has 0 radical (unpaired) electrons. The molecule has 1 N–H and O–H groups in total. The topological polar surface area (TPSA) is 76.5 Å². The maximum atomic E-state index is 13.2. The lowest BCUT2D eigenvalue weighted by Crippen LogP contribution is -2.24. The number of alkyl halides is 5. The van der Waals surface area contributed by atoms with Crippen molar-refractivity contribution in [1.29, 1.82) is 0 Å². The molecule has 1 aromatic heterocycles. The number of nitrogens with zero attached hydrogens (tertiary/aromatic N) is 1. The number of carbonyl (C=O) groups excluding carboxylic acids is 1. The van der Waals surface area contributed by atoms with Crippen molar-refractivity contribution in [3.05, 3.63) is 28.1 Å². The van der Waals surface area contributed by atoms with Crippen LogP contribution in [-0.2, 0) is 10.9 Å². The third kappa shape index (κ3) is 3.31. The Kier molecular flexibility index (Phi) is 4.77. The lowest BCUT2D eigenvalue weighted by molar-refractivity contribution is -0.142. The van der Waals surface area contributed by atoms with E-state index >= 15 is 0 Å². The molecule has 1 heterocycles. The zero-order valence-electron chi connectivity index (χ0n) is 12.3. The average Bonchev–Trinajstić information content (AvgIpc) is 3.28. The normalized spacial score (nSPS) is 14.8. The van der Waals surface area contributed by atoms with E-state index in [-0.39, 0.29) is 19.4 Å². The van der Waals surface area contributed by atoms with E-state index in [1.807, 2.05) is 0 Å². The van der Waals surface area contributed by atoms with Gasteiger partial charge in [0.25, 0.3) is 6.43 Å². The van der Waals surface area contributed by atoms with Gasteiger partial charge in [-0.2, -0.15) is 13.2 Å². The molecule has 2 rings (SSSR count). The van der Waals surface area contributed by atoms with Crippen LogP contribution in [-0.4, -0.2) is 28.6 Å². The molecule has 0 atom stereocenters.